The Morgan fingerprint density at radius 2 is 1.45 bits per heavy atom. The first-order valence-electron chi connectivity index (χ1n) is 13.7. The van der Waals surface area contributed by atoms with Gasteiger partial charge >= 0.3 is 15.6 Å². The van der Waals surface area contributed by atoms with Crippen LogP contribution in [0.15, 0.2) is 12.7 Å². The lowest BCUT2D eigenvalue weighted by Crippen LogP contribution is -2.35. The Morgan fingerprint density at radius 3 is 2.14 bits per heavy atom. The van der Waals surface area contributed by atoms with Crippen LogP contribution >= 0.6 is 15.6 Å². The number of ether oxygens (including phenoxy) is 3. The molecule has 0 bridgehead atoms. The maximum absolute atomic E-state index is 12.4. The van der Waals surface area contributed by atoms with E-state index in [1.165, 1.54) is 10.9 Å². The second-order valence-electron chi connectivity index (χ2n) is 10.1. The number of nitrogen functional groups attached to an aromatic ring is 1. The number of phosphoric ester groups is 2. The average Bonchev–Trinajstić information content (AvgIpc) is 3.60. The van der Waals surface area contributed by atoms with Crippen molar-refractivity contribution in [1.29, 1.82) is 0 Å². The number of hydrogen-bond acceptors (Lipinski definition) is 17. The number of aliphatic hydroxyl groups excluding tert-OH is 5. The van der Waals surface area contributed by atoms with Gasteiger partial charge in [0, 0.05) is 13.2 Å². The highest BCUT2D eigenvalue weighted by molar-refractivity contribution is 7.61. The molecule has 20 nitrogen and oxygen atoms in total. The van der Waals surface area contributed by atoms with Gasteiger partial charge in [0.2, 0.25) is 0 Å². The quantitative estimate of drug-likeness (QED) is 0.0713. The Morgan fingerprint density at radius 1 is 0.841 bits per heavy atom. The van der Waals surface area contributed by atoms with E-state index in [1.807, 2.05) is 0 Å². The van der Waals surface area contributed by atoms with Crippen molar-refractivity contribution in [1.82, 2.24) is 19.5 Å². The number of anilines is 1. The van der Waals surface area contributed by atoms with Gasteiger partial charge in [-0.2, -0.15) is 4.31 Å². The summed E-state index contributed by atoms with van der Waals surface area (Å²) >= 11 is 0. The minimum atomic E-state index is -5.33. The van der Waals surface area contributed by atoms with E-state index in [9.17, 15) is 39.3 Å². The fourth-order valence-corrected chi connectivity index (χ4v) is 6.69. The van der Waals surface area contributed by atoms with Gasteiger partial charge in [-0.05, 0) is 12.8 Å². The number of rotatable bonds is 17. The Balaban J connectivity index is 1.23. The Hall–Kier alpha value is -1.71. The minimum Gasteiger partial charge on any atom is -0.396 e. The Kier molecular flexibility index (Phi) is 12.2. The number of nitrogens with two attached hydrogens (primary N) is 1. The number of nitrogens with zero attached hydrogens (tertiary/aromatic N) is 4. The van der Waals surface area contributed by atoms with E-state index in [-0.39, 0.29) is 30.2 Å². The zero-order valence-corrected chi connectivity index (χ0v) is 25.1. The molecule has 10 atom stereocenters. The summed E-state index contributed by atoms with van der Waals surface area (Å²) in [4.78, 5) is 31.8. The van der Waals surface area contributed by atoms with Crippen molar-refractivity contribution in [2.45, 2.75) is 81.2 Å². The Bertz CT molecular complexity index is 1320. The molecule has 0 aromatic carbocycles. The SMILES string of the molecule is Nc1ncnc2c1ncn2[C@@H]1O[C@H](COP(=O)(O)OP(=O)(O)OC[C@H]2O[C@@H](OCCCCCCCO)[C@H](O)[C@@H]2O)[C@@H](O)[C@H]1O. The molecule has 250 valence electrons. The van der Waals surface area contributed by atoms with E-state index in [0.29, 0.717) is 12.8 Å². The van der Waals surface area contributed by atoms with Gasteiger partial charge in [-0.15, -0.1) is 0 Å². The maximum atomic E-state index is 12.4. The summed E-state index contributed by atoms with van der Waals surface area (Å²) < 4.78 is 56.0. The molecule has 0 spiro atoms. The normalized spacial score (nSPS) is 31.8. The minimum absolute atomic E-state index is 0.0612. The van der Waals surface area contributed by atoms with Crippen LogP contribution in [0, 0.1) is 0 Å². The standard InChI is InChI=1S/C22H37N5O15P2/c23-19-14-20(25-10-24-19)27(11-26-14)21-17(31)15(29)12(40-21)8-38-43(33,34)42-44(35,36)39-9-13-16(30)18(32)22(41-13)37-7-5-3-1-2-4-6-28/h10-13,15-18,21-22,28-32H,1-9H2,(H,33,34)(H,35,36)(H2,23,24,25)/t12-,13-,15-,16-,17-,18-,21-,22-/m1/s1. The third-order valence-corrected chi connectivity index (χ3v) is 9.51. The molecule has 4 rings (SSSR count). The molecule has 2 saturated heterocycles. The summed E-state index contributed by atoms with van der Waals surface area (Å²) in [5, 5.41) is 50.0. The molecule has 4 heterocycles. The van der Waals surface area contributed by atoms with Crippen LogP contribution in [0.4, 0.5) is 5.82 Å². The number of unbranched alkanes of at least 4 members (excludes halogenated alkanes) is 4. The highest BCUT2D eigenvalue weighted by atomic mass is 31.3. The van der Waals surface area contributed by atoms with Crippen molar-refractivity contribution in [2.24, 2.45) is 0 Å². The lowest BCUT2D eigenvalue weighted by molar-refractivity contribution is -0.169. The summed E-state index contributed by atoms with van der Waals surface area (Å²) in [5.41, 5.74) is 6.13. The van der Waals surface area contributed by atoms with Gasteiger partial charge < -0.3 is 55.3 Å². The highest BCUT2D eigenvalue weighted by Crippen LogP contribution is 2.60. The Labute approximate surface area is 250 Å². The number of aromatic nitrogens is 4. The lowest BCUT2D eigenvalue weighted by atomic mass is 10.1. The largest absolute Gasteiger partial charge is 0.481 e. The zero-order valence-electron chi connectivity index (χ0n) is 23.3. The summed E-state index contributed by atoms with van der Waals surface area (Å²) in [7, 11) is -10.6. The van der Waals surface area contributed by atoms with Gasteiger partial charge in [-0.25, -0.2) is 24.1 Å². The van der Waals surface area contributed by atoms with E-state index in [2.05, 4.69) is 23.8 Å². The first kappa shape index (κ1) is 35.1. The van der Waals surface area contributed by atoms with E-state index < -0.39 is 78.0 Å². The van der Waals surface area contributed by atoms with Gasteiger partial charge in [0.25, 0.3) is 0 Å². The molecular weight excluding hydrogens is 636 g/mol. The molecule has 9 N–H and O–H groups in total. The molecule has 2 aromatic heterocycles. The van der Waals surface area contributed by atoms with Crippen molar-refractivity contribution in [2.75, 3.05) is 32.2 Å². The topological polar surface area (TPSA) is 301 Å². The second-order valence-corrected chi connectivity index (χ2v) is 13.2. The van der Waals surface area contributed by atoms with Crippen molar-refractivity contribution in [3.05, 3.63) is 12.7 Å². The first-order valence-corrected chi connectivity index (χ1v) is 16.7. The van der Waals surface area contributed by atoms with Crippen molar-refractivity contribution in [3.63, 3.8) is 0 Å². The van der Waals surface area contributed by atoms with Crippen molar-refractivity contribution >= 4 is 32.6 Å². The molecule has 0 aliphatic carbocycles. The fourth-order valence-electron chi connectivity index (χ4n) is 4.60. The lowest BCUT2D eigenvalue weighted by Gasteiger charge is -2.20. The van der Waals surface area contributed by atoms with E-state index in [4.69, 9.17) is 29.6 Å². The number of hydrogen-bond donors (Lipinski definition) is 8. The van der Waals surface area contributed by atoms with Crippen LogP contribution in [0.25, 0.3) is 11.2 Å². The highest BCUT2D eigenvalue weighted by Gasteiger charge is 2.47. The second kappa shape index (κ2) is 15.3. The predicted octanol–water partition coefficient (Wildman–Crippen LogP) is -1.32. The summed E-state index contributed by atoms with van der Waals surface area (Å²) in [6, 6.07) is 0. The molecule has 0 amide bonds. The van der Waals surface area contributed by atoms with Crippen LogP contribution in [0.3, 0.4) is 0 Å². The van der Waals surface area contributed by atoms with Gasteiger partial charge in [0.1, 0.15) is 48.5 Å². The van der Waals surface area contributed by atoms with Gasteiger partial charge in [-0.1, -0.05) is 19.3 Å². The van der Waals surface area contributed by atoms with Crippen LogP contribution in [-0.4, -0.2) is 124 Å². The average molecular weight is 674 g/mol. The molecule has 44 heavy (non-hydrogen) atoms. The number of phosphoric acid groups is 2. The fraction of sp³-hybridized carbons (Fsp3) is 0.773. The van der Waals surface area contributed by atoms with Gasteiger partial charge in [-0.3, -0.25) is 13.6 Å². The molecule has 0 saturated carbocycles. The molecule has 0 radical (unpaired) electrons. The smallest absolute Gasteiger partial charge is 0.396 e. The monoisotopic (exact) mass is 673 g/mol. The summed E-state index contributed by atoms with van der Waals surface area (Å²) in [5.74, 6) is 0.0612. The van der Waals surface area contributed by atoms with Crippen LogP contribution in [0.2, 0.25) is 0 Å². The van der Waals surface area contributed by atoms with Crippen LogP contribution in [-0.2, 0) is 36.7 Å². The molecule has 2 unspecified atom stereocenters. The molecule has 2 aromatic rings. The van der Waals surface area contributed by atoms with Gasteiger partial charge in [0.15, 0.2) is 24.0 Å². The maximum Gasteiger partial charge on any atom is 0.481 e. The molecule has 2 aliphatic rings. The third-order valence-electron chi connectivity index (χ3n) is 6.91. The predicted molar refractivity (Wildman–Crippen MR) is 145 cm³/mol. The molecule has 22 heteroatoms. The van der Waals surface area contributed by atoms with Crippen molar-refractivity contribution in [3.8, 4) is 0 Å². The molecular formula is C22H37N5O15P2. The van der Waals surface area contributed by atoms with Crippen LogP contribution in [0.5, 0.6) is 0 Å². The molecule has 2 fully saturated rings. The van der Waals surface area contributed by atoms with E-state index in [0.717, 1.165) is 25.6 Å². The zero-order chi connectivity index (χ0) is 32.1. The number of aliphatic hydroxyl groups is 5. The summed E-state index contributed by atoms with van der Waals surface area (Å²) in [6.07, 6.45) is -5.25. The van der Waals surface area contributed by atoms with Crippen LogP contribution < -0.4 is 5.73 Å². The number of fused-ring (bicyclic) bond motifs is 1. The van der Waals surface area contributed by atoms with Gasteiger partial charge in [0.05, 0.1) is 19.5 Å². The molecule has 2 aliphatic heterocycles. The third kappa shape index (κ3) is 8.75. The van der Waals surface area contributed by atoms with E-state index >= 15 is 0 Å². The number of imidazole rings is 1. The first-order chi connectivity index (χ1) is 20.8. The van der Waals surface area contributed by atoms with E-state index in [1.54, 1.807) is 0 Å². The van der Waals surface area contributed by atoms with Crippen LogP contribution in [0.1, 0.15) is 38.3 Å². The summed E-state index contributed by atoms with van der Waals surface area (Å²) in [6.45, 7) is -1.38. The van der Waals surface area contributed by atoms with Crippen molar-refractivity contribution < 1.29 is 72.0 Å².